The van der Waals surface area contributed by atoms with Gasteiger partial charge in [-0.2, -0.15) is 0 Å². The second-order valence-electron chi connectivity index (χ2n) is 3.02. The molecule has 13 heavy (non-hydrogen) atoms. The summed E-state index contributed by atoms with van der Waals surface area (Å²) in [6.45, 7) is 1.87. The van der Waals surface area contributed by atoms with Crippen molar-refractivity contribution in [3.63, 3.8) is 0 Å². The summed E-state index contributed by atoms with van der Waals surface area (Å²) in [6.07, 6.45) is 0. The van der Waals surface area contributed by atoms with Crippen molar-refractivity contribution in [1.82, 2.24) is 0 Å². The molecular formula is C10H10O2S. The van der Waals surface area contributed by atoms with E-state index in [1.807, 2.05) is 24.4 Å². The number of fused-ring (bicyclic) bond motifs is 1. The van der Waals surface area contributed by atoms with E-state index < -0.39 is 0 Å². The summed E-state index contributed by atoms with van der Waals surface area (Å²) in [5, 5.41) is 21.5. The van der Waals surface area contributed by atoms with Gasteiger partial charge in [-0.1, -0.05) is 0 Å². The molecule has 0 atom stereocenters. The lowest BCUT2D eigenvalue weighted by molar-refractivity contribution is 0.276. The highest BCUT2D eigenvalue weighted by Crippen LogP contribution is 2.34. The molecule has 0 aliphatic rings. The third-order valence-corrected chi connectivity index (χ3v) is 3.19. The highest BCUT2D eigenvalue weighted by molar-refractivity contribution is 7.17. The van der Waals surface area contributed by atoms with E-state index in [1.54, 1.807) is 11.3 Å². The molecule has 0 fully saturated rings. The normalized spacial score (nSPS) is 10.9. The van der Waals surface area contributed by atoms with Gasteiger partial charge in [0.2, 0.25) is 0 Å². The number of hydrogen-bond donors (Lipinski definition) is 2. The lowest BCUT2D eigenvalue weighted by atomic mass is 10.1. The number of hydrogen-bond acceptors (Lipinski definition) is 3. The maximum absolute atomic E-state index is 9.71. The van der Waals surface area contributed by atoms with Crippen LogP contribution in [0.4, 0.5) is 0 Å². The van der Waals surface area contributed by atoms with Crippen LogP contribution >= 0.6 is 11.3 Å². The van der Waals surface area contributed by atoms with Crippen molar-refractivity contribution < 1.29 is 10.2 Å². The Morgan fingerprint density at radius 2 is 2.23 bits per heavy atom. The fourth-order valence-electron chi connectivity index (χ4n) is 1.49. The van der Waals surface area contributed by atoms with Gasteiger partial charge in [-0.25, -0.2) is 0 Å². The quantitative estimate of drug-likeness (QED) is 0.731. The molecule has 0 bridgehead atoms. The molecule has 3 heteroatoms. The van der Waals surface area contributed by atoms with Crippen molar-refractivity contribution >= 4 is 21.4 Å². The molecule has 0 saturated carbocycles. The third-order valence-electron chi connectivity index (χ3n) is 2.14. The zero-order chi connectivity index (χ0) is 9.42. The summed E-state index contributed by atoms with van der Waals surface area (Å²) in [4.78, 5) is 0. The highest BCUT2D eigenvalue weighted by atomic mass is 32.1. The number of benzene rings is 1. The van der Waals surface area contributed by atoms with Gasteiger partial charge < -0.3 is 10.2 Å². The van der Waals surface area contributed by atoms with Crippen LogP contribution in [0.15, 0.2) is 17.5 Å². The van der Waals surface area contributed by atoms with E-state index in [1.165, 1.54) is 0 Å². The van der Waals surface area contributed by atoms with Gasteiger partial charge in [0.1, 0.15) is 5.75 Å². The van der Waals surface area contributed by atoms with Gasteiger partial charge in [-0.05, 0) is 30.0 Å². The molecule has 1 aromatic heterocycles. The Morgan fingerprint density at radius 1 is 1.46 bits per heavy atom. The molecule has 2 aromatic rings. The van der Waals surface area contributed by atoms with Crippen LogP contribution in [-0.4, -0.2) is 10.2 Å². The van der Waals surface area contributed by atoms with Gasteiger partial charge >= 0.3 is 0 Å². The Balaban J connectivity index is 2.85. The van der Waals surface area contributed by atoms with E-state index in [4.69, 9.17) is 5.11 Å². The Kier molecular flexibility index (Phi) is 1.98. The smallest absolute Gasteiger partial charge is 0.129 e. The molecular weight excluding hydrogens is 184 g/mol. The minimum absolute atomic E-state index is 0.113. The first-order valence-corrected chi connectivity index (χ1v) is 4.91. The van der Waals surface area contributed by atoms with Crippen LogP contribution in [0, 0.1) is 6.92 Å². The lowest BCUT2D eigenvalue weighted by Gasteiger charge is -2.04. The van der Waals surface area contributed by atoms with Crippen LogP contribution in [0.25, 0.3) is 10.1 Å². The first kappa shape index (κ1) is 8.53. The predicted octanol–water partition coefficient (Wildman–Crippen LogP) is 2.41. The zero-order valence-corrected chi connectivity index (χ0v) is 8.06. The van der Waals surface area contributed by atoms with Crippen molar-refractivity contribution in [1.29, 1.82) is 0 Å². The van der Waals surface area contributed by atoms with Gasteiger partial charge in [0.15, 0.2) is 0 Å². The minimum Gasteiger partial charge on any atom is -0.507 e. The summed E-state index contributed by atoms with van der Waals surface area (Å²) in [5.41, 5.74) is 1.70. The van der Waals surface area contributed by atoms with E-state index in [-0.39, 0.29) is 12.4 Å². The third kappa shape index (κ3) is 1.20. The Hall–Kier alpha value is -1.06. The maximum atomic E-state index is 9.71. The SMILES string of the molecule is Cc1cc(CO)c(O)c2ccsc12. The van der Waals surface area contributed by atoms with Crippen LogP contribution in [-0.2, 0) is 6.61 Å². The molecule has 68 valence electrons. The number of aliphatic hydroxyl groups excluding tert-OH is 1. The number of rotatable bonds is 1. The number of aryl methyl sites for hydroxylation is 1. The lowest BCUT2D eigenvalue weighted by Crippen LogP contribution is -1.86. The molecule has 1 aromatic carbocycles. The largest absolute Gasteiger partial charge is 0.507 e. The summed E-state index contributed by atoms with van der Waals surface area (Å²) >= 11 is 1.61. The molecule has 0 radical (unpaired) electrons. The van der Waals surface area contributed by atoms with E-state index in [9.17, 15) is 5.11 Å². The fraction of sp³-hybridized carbons (Fsp3) is 0.200. The Bertz CT molecular complexity index is 445. The van der Waals surface area contributed by atoms with E-state index >= 15 is 0 Å². The molecule has 0 spiro atoms. The van der Waals surface area contributed by atoms with Crippen LogP contribution in [0.3, 0.4) is 0 Å². The van der Waals surface area contributed by atoms with Crippen molar-refractivity contribution in [2.75, 3.05) is 0 Å². The summed E-state index contributed by atoms with van der Waals surface area (Å²) in [7, 11) is 0. The molecule has 0 saturated heterocycles. The monoisotopic (exact) mass is 194 g/mol. The second kappa shape index (κ2) is 3.01. The molecule has 0 amide bonds. The van der Waals surface area contributed by atoms with Crippen molar-refractivity contribution in [3.05, 3.63) is 28.6 Å². The second-order valence-corrected chi connectivity index (χ2v) is 3.94. The van der Waals surface area contributed by atoms with Gasteiger partial charge in [0.05, 0.1) is 6.61 Å². The predicted molar refractivity (Wildman–Crippen MR) is 54.1 cm³/mol. The standard InChI is InChI=1S/C10H10O2S/c1-6-4-7(5-11)9(12)8-2-3-13-10(6)8/h2-4,11-12H,5H2,1H3. The zero-order valence-electron chi connectivity index (χ0n) is 7.24. The van der Waals surface area contributed by atoms with Crippen molar-refractivity contribution in [3.8, 4) is 5.75 Å². The average Bonchev–Trinajstić information content (AvgIpc) is 2.60. The number of aliphatic hydroxyl groups is 1. The van der Waals surface area contributed by atoms with Crippen LogP contribution < -0.4 is 0 Å². The Labute approximate surface area is 80.1 Å². The topological polar surface area (TPSA) is 40.5 Å². The van der Waals surface area contributed by atoms with Crippen LogP contribution in [0.2, 0.25) is 0 Å². The highest BCUT2D eigenvalue weighted by Gasteiger charge is 2.08. The van der Waals surface area contributed by atoms with E-state index in [2.05, 4.69) is 0 Å². The van der Waals surface area contributed by atoms with E-state index in [0.717, 1.165) is 15.6 Å². The molecule has 2 nitrogen and oxygen atoms in total. The number of aromatic hydroxyl groups is 1. The number of phenols is 1. The molecule has 2 N–H and O–H groups in total. The summed E-state index contributed by atoms with van der Waals surface area (Å²) < 4.78 is 1.09. The summed E-state index contributed by atoms with van der Waals surface area (Å²) in [5.74, 6) is 0.212. The minimum atomic E-state index is -0.113. The van der Waals surface area contributed by atoms with Gasteiger partial charge in [0, 0.05) is 15.6 Å². The Morgan fingerprint density at radius 3 is 2.92 bits per heavy atom. The molecule has 0 aliphatic heterocycles. The van der Waals surface area contributed by atoms with Gasteiger partial charge in [-0.3, -0.25) is 0 Å². The van der Waals surface area contributed by atoms with Crippen LogP contribution in [0.5, 0.6) is 5.75 Å². The van der Waals surface area contributed by atoms with Gasteiger partial charge in [0.25, 0.3) is 0 Å². The maximum Gasteiger partial charge on any atom is 0.129 e. The molecule has 0 unspecified atom stereocenters. The van der Waals surface area contributed by atoms with Crippen LogP contribution in [0.1, 0.15) is 11.1 Å². The van der Waals surface area contributed by atoms with Crippen molar-refractivity contribution in [2.45, 2.75) is 13.5 Å². The van der Waals surface area contributed by atoms with Crippen molar-refractivity contribution in [2.24, 2.45) is 0 Å². The summed E-state index contributed by atoms with van der Waals surface area (Å²) in [6, 6.07) is 3.70. The first-order valence-electron chi connectivity index (χ1n) is 4.03. The van der Waals surface area contributed by atoms with E-state index in [0.29, 0.717) is 5.56 Å². The molecule has 1 heterocycles. The fourth-order valence-corrected chi connectivity index (χ4v) is 2.37. The van der Waals surface area contributed by atoms with Gasteiger partial charge in [-0.15, -0.1) is 11.3 Å². The average molecular weight is 194 g/mol. The molecule has 2 rings (SSSR count). The number of thiophene rings is 1. The molecule has 0 aliphatic carbocycles. The first-order chi connectivity index (χ1) is 6.24.